The number of nitrogens with zero attached hydrogens (tertiary/aromatic N) is 1. The Morgan fingerprint density at radius 3 is 2.12 bits per heavy atom. The van der Waals surface area contributed by atoms with Crippen molar-refractivity contribution in [2.24, 2.45) is 5.92 Å². The maximum Gasteiger partial charge on any atom is 0.335 e. The van der Waals surface area contributed by atoms with Crippen LogP contribution in [-0.2, 0) is 10.3 Å². The molecule has 1 aliphatic carbocycles. The fourth-order valence-corrected chi connectivity index (χ4v) is 5.74. The number of carboxylic acid groups (broad SMARTS) is 1. The number of carboxylic acids is 1. The van der Waals surface area contributed by atoms with E-state index in [9.17, 15) is 15.2 Å². The highest BCUT2D eigenvalue weighted by atomic mass is 35.5. The van der Waals surface area contributed by atoms with Crippen LogP contribution >= 0.6 is 11.6 Å². The number of nitriles is 1. The van der Waals surface area contributed by atoms with Crippen molar-refractivity contribution in [3.05, 3.63) is 76.3 Å². The summed E-state index contributed by atoms with van der Waals surface area (Å²) in [7, 11) is 0. The summed E-state index contributed by atoms with van der Waals surface area (Å²) < 4.78 is 6.89. The fraction of sp³-hybridized carbons (Fsp3) is 0.448. The summed E-state index contributed by atoms with van der Waals surface area (Å²) in [6, 6.07) is 16.9. The number of allylic oxidation sites excluding steroid dienone is 1. The molecule has 2 fully saturated rings. The van der Waals surface area contributed by atoms with Crippen molar-refractivity contribution in [2.75, 3.05) is 0 Å². The van der Waals surface area contributed by atoms with E-state index < -0.39 is 11.6 Å². The van der Waals surface area contributed by atoms with Crippen LogP contribution in [0.15, 0.2) is 54.6 Å². The van der Waals surface area contributed by atoms with E-state index in [1.54, 1.807) is 24.3 Å². The highest BCUT2D eigenvalue weighted by Gasteiger charge is 2.46. The van der Waals surface area contributed by atoms with Crippen LogP contribution in [0.25, 0.3) is 5.57 Å². The maximum absolute atomic E-state index is 11.4. The largest absolute Gasteiger partial charge is 0.478 e. The van der Waals surface area contributed by atoms with Gasteiger partial charge in [-0.2, -0.15) is 5.26 Å². The van der Waals surface area contributed by atoms with Gasteiger partial charge < -0.3 is 9.84 Å². The number of carbonyl (C=O) groups is 1. The van der Waals surface area contributed by atoms with Gasteiger partial charge in [0.25, 0.3) is 0 Å². The minimum absolute atomic E-state index is 0.169. The Hall–Kier alpha value is -2.61. The highest BCUT2D eigenvalue weighted by Crippen LogP contribution is 2.49. The number of rotatable bonds is 5. The molecule has 34 heavy (non-hydrogen) atoms. The molecule has 4 nitrogen and oxygen atoms in total. The van der Waals surface area contributed by atoms with Crippen LogP contribution in [-0.4, -0.2) is 17.2 Å². The van der Waals surface area contributed by atoms with Crippen molar-refractivity contribution in [1.82, 2.24) is 0 Å². The van der Waals surface area contributed by atoms with E-state index in [0.717, 1.165) is 36.8 Å². The summed E-state index contributed by atoms with van der Waals surface area (Å²) >= 11 is 6.02. The van der Waals surface area contributed by atoms with Gasteiger partial charge in [-0.3, -0.25) is 0 Å². The Morgan fingerprint density at radius 1 is 0.941 bits per heavy atom. The Bertz CT molecular complexity index is 1040. The second-order valence-corrected chi connectivity index (χ2v) is 10.00. The number of halogens is 1. The molecule has 2 aliphatic rings. The molecular weight excluding hydrogens is 446 g/mol. The lowest BCUT2D eigenvalue weighted by Gasteiger charge is -2.38. The third kappa shape index (κ3) is 5.54. The molecule has 2 atom stereocenters. The standard InChI is InChI=1S/C29H32ClNO3/c30-26-15-11-21(12-16-26)23(20-31)19-27-17-18-29(34-27,24-7-5-3-1-2-4-6-8-24)25-13-9-22(10-14-25)28(32)33/h9-16,19,24,27H,1-8,17-18H2,(H,32,33)/b23-19-. The second-order valence-electron chi connectivity index (χ2n) is 9.56. The van der Waals surface area contributed by atoms with E-state index in [2.05, 4.69) is 6.07 Å². The van der Waals surface area contributed by atoms with Crippen molar-refractivity contribution in [3.8, 4) is 6.07 Å². The predicted octanol–water partition coefficient (Wildman–Crippen LogP) is 7.77. The molecule has 2 aromatic carbocycles. The molecule has 0 bridgehead atoms. The number of hydrogen-bond acceptors (Lipinski definition) is 3. The topological polar surface area (TPSA) is 70.3 Å². The van der Waals surface area contributed by atoms with E-state index in [-0.39, 0.29) is 11.7 Å². The lowest BCUT2D eigenvalue weighted by molar-refractivity contribution is -0.0777. The average molecular weight is 478 g/mol. The van der Waals surface area contributed by atoms with Crippen molar-refractivity contribution in [3.63, 3.8) is 0 Å². The molecule has 4 rings (SSSR count). The number of aromatic carboxylic acids is 1. The summed E-state index contributed by atoms with van der Waals surface area (Å²) in [5.74, 6) is -0.543. The van der Waals surface area contributed by atoms with Crippen molar-refractivity contribution < 1.29 is 14.6 Å². The van der Waals surface area contributed by atoms with Crippen LogP contribution < -0.4 is 0 Å². The molecule has 1 N–H and O–H groups in total. The van der Waals surface area contributed by atoms with Crippen LogP contribution in [0.3, 0.4) is 0 Å². The Kier molecular flexibility index (Phi) is 8.08. The van der Waals surface area contributed by atoms with Gasteiger partial charge in [-0.15, -0.1) is 0 Å². The molecule has 0 radical (unpaired) electrons. The molecule has 1 saturated carbocycles. The molecule has 1 aliphatic heterocycles. The van der Waals surface area contributed by atoms with Crippen molar-refractivity contribution in [2.45, 2.75) is 75.9 Å². The Labute approximate surface area is 207 Å². The van der Waals surface area contributed by atoms with Gasteiger partial charge in [0.2, 0.25) is 0 Å². The van der Waals surface area contributed by atoms with E-state index in [1.807, 2.05) is 30.3 Å². The van der Waals surface area contributed by atoms with Crippen LogP contribution in [0.1, 0.15) is 85.7 Å². The SMILES string of the molecule is N#C/C(=C/C1CCC(c2ccc(C(=O)O)cc2)(C2CCCCCCCC2)O1)c1ccc(Cl)cc1. The third-order valence-corrected chi connectivity index (χ3v) is 7.68. The van der Waals surface area contributed by atoms with Crippen LogP contribution in [0.2, 0.25) is 5.02 Å². The lowest BCUT2D eigenvalue weighted by atomic mass is 9.74. The second kappa shape index (κ2) is 11.2. The summed E-state index contributed by atoms with van der Waals surface area (Å²) in [5.41, 5.74) is 2.32. The monoisotopic (exact) mass is 477 g/mol. The van der Waals surface area contributed by atoms with Gasteiger partial charge in [-0.1, -0.05) is 74.4 Å². The van der Waals surface area contributed by atoms with Gasteiger partial charge in [0.1, 0.15) is 0 Å². The molecular formula is C29H32ClNO3. The van der Waals surface area contributed by atoms with Gasteiger partial charge in [-0.05, 0) is 73.1 Å². The van der Waals surface area contributed by atoms with E-state index in [0.29, 0.717) is 16.5 Å². The third-order valence-electron chi connectivity index (χ3n) is 7.43. The Morgan fingerprint density at radius 2 is 1.53 bits per heavy atom. The zero-order chi connectivity index (χ0) is 24.0. The minimum atomic E-state index is -0.919. The van der Waals surface area contributed by atoms with Gasteiger partial charge >= 0.3 is 5.97 Å². The van der Waals surface area contributed by atoms with Crippen molar-refractivity contribution >= 4 is 23.1 Å². The zero-order valence-electron chi connectivity index (χ0n) is 19.5. The Balaban J connectivity index is 1.66. The van der Waals surface area contributed by atoms with Gasteiger partial charge in [0, 0.05) is 5.02 Å². The maximum atomic E-state index is 11.4. The van der Waals surface area contributed by atoms with E-state index in [1.165, 1.54) is 38.5 Å². The van der Waals surface area contributed by atoms with Crippen molar-refractivity contribution in [1.29, 1.82) is 5.26 Å². The fourth-order valence-electron chi connectivity index (χ4n) is 5.62. The molecule has 2 unspecified atom stereocenters. The molecule has 5 heteroatoms. The molecule has 1 saturated heterocycles. The minimum Gasteiger partial charge on any atom is -0.478 e. The number of benzene rings is 2. The average Bonchev–Trinajstić information content (AvgIpc) is 3.33. The summed E-state index contributed by atoms with van der Waals surface area (Å²) in [5, 5.41) is 19.8. The van der Waals surface area contributed by atoms with Crippen LogP contribution in [0.5, 0.6) is 0 Å². The lowest BCUT2D eigenvalue weighted by Crippen LogP contribution is -2.36. The first-order valence-electron chi connectivity index (χ1n) is 12.4. The van der Waals surface area contributed by atoms with E-state index >= 15 is 0 Å². The number of hydrogen-bond donors (Lipinski definition) is 1. The van der Waals surface area contributed by atoms with Crippen LogP contribution in [0.4, 0.5) is 0 Å². The summed E-state index contributed by atoms with van der Waals surface area (Å²) in [4.78, 5) is 11.4. The first-order chi connectivity index (χ1) is 16.5. The normalized spacial score (nSPS) is 24.6. The zero-order valence-corrected chi connectivity index (χ0v) is 20.3. The predicted molar refractivity (Wildman–Crippen MR) is 135 cm³/mol. The van der Waals surface area contributed by atoms with Gasteiger partial charge in [0.15, 0.2) is 0 Å². The molecule has 1 heterocycles. The van der Waals surface area contributed by atoms with Gasteiger partial charge in [-0.25, -0.2) is 4.79 Å². The molecule has 0 spiro atoms. The van der Waals surface area contributed by atoms with E-state index in [4.69, 9.17) is 16.3 Å². The number of ether oxygens (including phenoxy) is 1. The molecule has 0 aromatic heterocycles. The summed E-state index contributed by atoms with van der Waals surface area (Å²) in [6.07, 6.45) is 13.2. The molecule has 0 amide bonds. The quantitative estimate of drug-likeness (QED) is 0.446. The summed E-state index contributed by atoms with van der Waals surface area (Å²) in [6.45, 7) is 0. The van der Waals surface area contributed by atoms with Gasteiger partial charge in [0.05, 0.1) is 28.9 Å². The first-order valence-corrected chi connectivity index (χ1v) is 12.8. The highest BCUT2D eigenvalue weighted by molar-refractivity contribution is 6.30. The van der Waals surface area contributed by atoms with Crippen LogP contribution in [0, 0.1) is 17.2 Å². The molecule has 178 valence electrons. The smallest absolute Gasteiger partial charge is 0.335 e. The molecule has 2 aromatic rings. The first kappa shape index (κ1) is 24.5.